The highest BCUT2D eigenvalue weighted by molar-refractivity contribution is 7.92. The Labute approximate surface area is 124 Å². The molecular weight excluding hydrogens is 322 g/mol. The van der Waals surface area contributed by atoms with Gasteiger partial charge in [0.25, 0.3) is 0 Å². The Balaban J connectivity index is 2.17. The Bertz CT molecular complexity index is 700. The van der Waals surface area contributed by atoms with Gasteiger partial charge in [-0.15, -0.1) is 0 Å². The molecule has 5 nitrogen and oxygen atoms in total. The van der Waals surface area contributed by atoms with Crippen LogP contribution in [0.2, 0.25) is 5.02 Å². The molecule has 0 radical (unpaired) electrons. The van der Waals surface area contributed by atoms with Gasteiger partial charge in [0.2, 0.25) is 10.0 Å². The van der Waals surface area contributed by atoms with Crippen molar-refractivity contribution in [2.45, 2.75) is 18.2 Å². The van der Waals surface area contributed by atoms with Gasteiger partial charge in [0.15, 0.2) is 9.84 Å². The Kier molecular flexibility index (Phi) is 4.44. The predicted octanol–water partition coefficient (Wildman–Crippen LogP) is 1.29. The van der Waals surface area contributed by atoms with Crippen molar-refractivity contribution < 1.29 is 16.8 Å². The molecule has 1 aliphatic rings. The van der Waals surface area contributed by atoms with Crippen molar-refractivity contribution in [1.82, 2.24) is 4.31 Å². The second kappa shape index (κ2) is 5.63. The molecule has 1 fully saturated rings. The third kappa shape index (κ3) is 3.52. The molecule has 2 rings (SSSR count). The molecular formula is C12H16ClNO4S2. The molecule has 0 N–H and O–H groups in total. The average Bonchev–Trinajstić information content (AvgIpc) is 2.71. The summed E-state index contributed by atoms with van der Waals surface area (Å²) in [5, 5.41) is 0.392. The number of halogens is 1. The van der Waals surface area contributed by atoms with E-state index in [1.165, 1.54) is 11.4 Å². The lowest BCUT2D eigenvalue weighted by atomic mass is 10.2. The maximum absolute atomic E-state index is 12.3. The second-order valence-electron chi connectivity index (χ2n) is 4.92. The van der Waals surface area contributed by atoms with Gasteiger partial charge >= 0.3 is 0 Å². The smallest absolute Gasteiger partial charge is 0.218 e. The van der Waals surface area contributed by atoms with Gasteiger partial charge in [0, 0.05) is 18.1 Å². The number of benzene rings is 1. The van der Waals surface area contributed by atoms with E-state index in [-0.39, 0.29) is 17.3 Å². The van der Waals surface area contributed by atoms with E-state index in [1.807, 2.05) is 0 Å². The molecule has 0 spiro atoms. The van der Waals surface area contributed by atoms with Crippen molar-refractivity contribution in [3.05, 3.63) is 34.9 Å². The lowest BCUT2D eigenvalue weighted by Crippen LogP contribution is -2.38. The zero-order valence-electron chi connectivity index (χ0n) is 11.0. The van der Waals surface area contributed by atoms with Crippen molar-refractivity contribution in [1.29, 1.82) is 0 Å². The summed E-state index contributed by atoms with van der Waals surface area (Å²) in [6.07, 6.45) is 0.348. The predicted molar refractivity (Wildman–Crippen MR) is 78.9 cm³/mol. The van der Waals surface area contributed by atoms with Crippen LogP contribution >= 0.6 is 11.6 Å². The van der Waals surface area contributed by atoms with Crippen molar-refractivity contribution in [3.8, 4) is 0 Å². The van der Waals surface area contributed by atoms with E-state index in [1.54, 1.807) is 24.3 Å². The highest BCUT2D eigenvalue weighted by atomic mass is 35.5. The number of sulfonamides is 1. The van der Waals surface area contributed by atoms with Gasteiger partial charge in [-0.25, -0.2) is 21.1 Å². The molecule has 0 aromatic heterocycles. The summed E-state index contributed by atoms with van der Waals surface area (Å²) in [6.45, 7) is 0. The van der Waals surface area contributed by atoms with Gasteiger partial charge < -0.3 is 0 Å². The largest absolute Gasteiger partial charge is 0.229 e. The highest BCUT2D eigenvalue weighted by Gasteiger charge is 2.35. The summed E-state index contributed by atoms with van der Waals surface area (Å²) in [7, 11) is -5.27. The van der Waals surface area contributed by atoms with Crippen LogP contribution in [0.15, 0.2) is 24.3 Å². The van der Waals surface area contributed by atoms with E-state index in [0.717, 1.165) is 0 Å². The van der Waals surface area contributed by atoms with Crippen molar-refractivity contribution in [2.24, 2.45) is 0 Å². The normalized spacial score (nSPS) is 22.2. The molecule has 1 heterocycles. The van der Waals surface area contributed by atoms with Crippen LogP contribution < -0.4 is 0 Å². The van der Waals surface area contributed by atoms with Crippen molar-refractivity contribution in [3.63, 3.8) is 0 Å². The van der Waals surface area contributed by atoms with E-state index in [0.29, 0.717) is 17.0 Å². The van der Waals surface area contributed by atoms with Crippen LogP contribution in [0.25, 0.3) is 0 Å². The molecule has 112 valence electrons. The monoisotopic (exact) mass is 337 g/mol. The number of sulfone groups is 1. The molecule has 1 unspecified atom stereocenters. The lowest BCUT2D eigenvalue weighted by molar-refractivity contribution is 0.393. The first-order chi connectivity index (χ1) is 9.21. The quantitative estimate of drug-likeness (QED) is 0.830. The highest BCUT2D eigenvalue weighted by Crippen LogP contribution is 2.23. The standard InChI is InChI=1S/C12H16ClNO4S2/c1-14(11-6-7-19(15,16)9-11)20(17,18)8-10-4-2-3-5-12(10)13/h2-5,11H,6-9H2,1H3. The summed E-state index contributed by atoms with van der Waals surface area (Å²) in [6, 6.07) is 6.25. The van der Waals surface area contributed by atoms with Crippen molar-refractivity contribution in [2.75, 3.05) is 18.6 Å². The Morgan fingerprint density at radius 3 is 2.55 bits per heavy atom. The summed E-state index contributed by atoms with van der Waals surface area (Å²) in [5.74, 6) is -0.283. The van der Waals surface area contributed by atoms with E-state index >= 15 is 0 Å². The van der Waals surface area contributed by atoms with Gasteiger partial charge in [-0.1, -0.05) is 29.8 Å². The summed E-state index contributed by atoms with van der Waals surface area (Å²) in [4.78, 5) is 0. The molecule has 8 heteroatoms. The van der Waals surface area contributed by atoms with E-state index in [9.17, 15) is 16.8 Å². The van der Waals surface area contributed by atoms with Crippen LogP contribution in [0, 0.1) is 0 Å². The fourth-order valence-corrected chi connectivity index (χ4v) is 5.84. The van der Waals surface area contributed by atoms with Gasteiger partial charge in [-0.3, -0.25) is 0 Å². The van der Waals surface area contributed by atoms with Gasteiger partial charge in [-0.05, 0) is 18.1 Å². The molecule has 1 saturated heterocycles. The number of hydrogen-bond donors (Lipinski definition) is 0. The Hall–Kier alpha value is -0.630. The molecule has 20 heavy (non-hydrogen) atoms. The molecule has 1 aromatic carbocycles. The van der Waals surface area contributed by atoms with E-state index in [2.05, 4.69) is 0 Å². The SMILES string of the molecule is CN(C1CCS(=O)(=O)C1)S(=O)(=O)Cc1ccccc1Cl. The summed E-state index contributed by atoms with van der Waals surface area (Å²) >= 11 is 5.96. The zero-order chi connectivity index (χ0) is 15.0. The summed E-state index contributed by atoms with van der Waals surface area (Å²) in [5.41, 5.74) is 0.516. The van der Waals surface area contributed by atoms with Gasteiger partial charge in [0.1, 0.15) is 0 Å². The molecule has 0 aliphatic carbocycles. The first-order valence-electron chi connectivity index (χ1n) is 6.11. The molecule has 0 saturated carbocycles. The van der Waals surface area contributed by atoms with Crippen LogP contribution in [0.4, 0.5) is 0 Å². The van der Waals surface area contributed by atoms with Crippen LogP contribution in [0.5, 0.6) is 0 Å². The number of nitrogens with zero attached hydrogens (tertiary/aromatic N) is 1. The third-order valence-corrected chi connectivity index (χ3v) is 7.43. The number of hydrogen-bond acceptors (Lipinski definition) is 4. The second-order valence-corrected chi connectivity index (χ2v) is 9.59. The molecule has 1 atom stereocenters. The topological polar surface area (TPSA) is 71.5 Å². The van der Waals surface area contributed by atoms with Gasteiger partial charge in [-0.2, -0.15) is 0 Å². The first-order valence-corrected chi connectivity index (χ1v) is 9.92. The lowest BCUT2D eigenvalue weighted by Gasteiger charge is -2.23. The van der Waals surface area contributed by atoms with Crippen molar-refractivity contribution >= 4 is 31.5 Å². The maximum atomic E-state index is 12.3. The van der Waals surface area contributed by atoms with E-state index < -0.39 is 25.9 Å². The van der Waals surface area contributed by atoms with E-state index in [4.69, 9.17) is 11.6 Å². The molecule has 0 amide bonds. The van der Waals surface area contributed by atoms with Crippen LogP contribution in [-0.2, 0) is 25.6 Å². The maximum Gasteiger partial charge on any atom is 0.218 e. The van der Waals surface area contributed by atoms with Gasteiger partial charge in [0.05, 0.1) is 17.3 Å². The Morgan fingerprint density at radius 1 is 1.35 bits per heavy atom. The zero-order valence-corrected chi connectivity index (χ0v) is 13.4. The fourth-order valence-electron chi connectivity index (χ4n) is 2.20. The summed E-state index contributed by atoms with van der Waals surface area (Å²) < 4.78 is 48.7. The molecule has 1 aliphatic heterocycles. The Morgan fingerprint density at radius 2 is 2.00 bits per heavy atom. The minimum Gasteiger partial charge on any atom is -0.229 e. The van der Waals surface area contributed by atoms with Crippen LogP contribution in [0.3, 0.4) is 0 Å². The fraction of sp³-hybridized carbons (Fsp3) is 0.500. The molecule has 1 aromatic rings. The first kappa shape index (κ1) is 15.8. The average molecular weight is 338 g/mol. The minimum atomic E-state index is -3.58. The van der Waals surface area contributed by atoms with Crippen LogP contribution in [-0.4, -0.2) is 45.7 Å². The molecule has 0 bridgehead atoms. The minimum absolute atomic E-state index is 0.0453. The third-order valence-electron chi connectivity index (χ3n) is 3.46. The number of rotatable bonds is 4. The van der Waals surface area contributed by atoms with Crippen LogP contribution in [0.1, 0.15) is 12.0 Å².